The summed E-state index contributed by atoms with van der Waals surface area (Å²) < 4.78 is 5.67. The number of benzene rings is 2. The molecule has 10 heteroatoms. The molecule has 150 valence electrons. The summed E-state index contributed by atoms with van der Waals surface area (Å²) in [5.41, 5.74) is 2.75. The van der Waals surface area contributed by atoms with Crippen LogP contribution in [0.1, 0.15) is 26.3 Å². The molecule has 0 aliphatic carbocycles. The van der Waals surface area contributed by atoms with Gasteiger partial charge in [-0.3, -0.25) is 14.5 Å². The van der Waals surface area contributed by atoms with E-state index >= 15 is 0 Å². The van der Waals surface area contributed by atoms with Gasteiger partial charge in [0.1, 0.15) is 5.56 Å². The highest BCUT2D eigenvalue weighted by molar-refractivity contribution is 6.40. The van der Waals surface area contributed by atoms with Gasteiger partial charge in [0.15, 0.2) is 6.73 Å². The molecule has 0 bridgehead atoms. The first-order valence-corrected chi connectivity index (χ1v) is 9.71. The number of aromatic nitrogens is 2. The highest BCUT2D eigenvalue weighted by Crippen LogP contribution is 2.37. The normalized spacial score (nSPS) is 14.7. The number of carbonyl (C=O) groups excluding carboxylic acids is 2. The van der Waals surface area contributed by atoms with Crippen LogP contribution in [0.4, 0.5) is 17.3 Å². The number of rotatable bonds is 3. The quantitative estimate of drug-likeness (QED) is 0.641. The number of ether oxygens (including phenoxy) is 1. The lowest BCUT2D eigenvalue weighted by Gasteiger charge is -2.29. The molecule has 0 saturated heterocycles. The molecular weight excluding hydrogens is 429 g/mol. The van der Waals surface area contributed by atoms with Crippen molar-refractivity contribution in [2.24, 2.45) is 0 Å². The van der Waals surface area contributed by atoms with Gasteiger partial charge >= 0.3 is 0 Å². The average molecular weight is 442 g/mol. The minimum absolute atomic E-state index is 0.0925. The number of carbonyl (C=O) groups is 2. The molecule has 2 aliphatic heterocycles. The Kier molecular flexibility index (Phi) is 4.45. The lowest BCUT2D eigenvalue weighted by molar-refractivity contribution is 0.0930. The zero-order valence-electron chi connectivity index (χ0n) is 15.3. The zero-order chi connectivity index (χ0) is 20.8. The lowest BCUT2D eigenvalue weighted by atomic mass is 10.1. The molecule has 0 fully saturated rings. The van der Waals surface area contributed by atoms with E-state index < -0.39 is 0 Å². The van der Waals surface area contributed by atoms with Crippen LogP contribution >= 0.6 is 23.2 Å². The van der Waals surface area contributed by atoms with Crippen molar-refractivity contribution >= 4 is 52.3 Å². The summed E-state index contributed by atoms with van der Waals surface area (Å²) in [6.07, 6.45) is 1.38. The number of nitrogens with zero attached hydrogens (tertiary/aromatic N) is 3. The molecule has 8 nitrogen and oxygen atoms in total. The molecule has 2 amide bonds. The van der Waals surface area contributed by atoms with Crippen LogP contribution in [0.2, 0.25) is 10.0 Å². The van der Waals surface area contributed by atoms with E-state index in [1.54, 1.807) is 24.3 Å². The molecule has 3 heterocycles. The molecule has 30 heavy (non-hydrogen) atoms. The summed E-state index contributed by atoms with van der Waals surface area (Å²) in [5, 5.41) is 6.47. The van der Waals surface area contributed by atoms with Crippen LogP contribution in [0.25, 0.3) is 0 Å². The third-order valence-electron chi connectivity index (χ3n) is 4.82. The van der Waals surface area contributed by atoms with Crippen molar-refractivity contribution in [3.8, 4) is 5.88 Å². The maximum absolute atomic E-state index is 12.9. The predicted octanol–water partition coefficient (Wildman–Crippen LogP) is 3.77. The molecule has 5 rings (SSSR count). The van der Waals surface area contributed by atoms with Crippen molar-refractivity contribution < 1.29 is 14.3 Å². The Morgan fingerprint density at radius 3 is 2.70 bits per heavy atom. The predicted molar refractivity (Wildman–Crippen MR) is 112 cm³/mol. The number of para-hydroxylation sites is 1. The van der Waals surface area contributed by atoms with Crippen LogP contribution in [-0.2, 0) is 6.54 Å². The minimum Gasteiger partial charge on any atom is -0.455 e. The fourth-order valence-electron chi connectivity index (χ4n) is 3.35. The summed E-state index contributed by atoms with van der Waals surface area (Å²) in [6, 6.07) is 10.4. The molecule has 0 radical (unpaired) electrons. The highest BCUT2D eigenvalue weighted by atomic mass is 35.5. The Balaban J connectivity index is 1.41. The second-order valence-electron chi connectivity index (χ2n) is 6.67. The average Bonchev–Trinajstić information content (AvgIpc) is 3.10. The van der Waals surface area contributed by atoms with E-state index in [0.29, 0.717) is 33.5 Å². The van der Waals surface area contributed by atoms with Gasteiger partial charge in [-0.05, 0) is 29.8 Å². The van der Waals surface area contributed by atoms with Gasteiger partial charge in [-0.2, -0.15) is 4.98 Å². The third-order valence-corrected chi connectivity index (χ3v) is 5.43. The standard InChI is InChI=1S/C20H13Cl2N5O3/c21-14-2-1-3-15(22)16(14)27-9-30-18-13(19(27)29)8-24-20(26-18)25-11-5-4-10-7-23-17(28)12(10)6-11/h1-6,8H,7,9H2,(H,23,28)(H,24,25,26). The number of hydrogen-bond donors (Lipinski definition) is 2. The number of hydrogen-bond acceptors (Lipinski definition) is 6. The van der Waals surface area contributed by atoms with E-state index in [4.69, 9.17) is 27.9 Å². The van der Waals surface area contributed by atoms with Crippen molar-refractivity contribution in [1.29, 1.82) is 0 Å². The van der Waals surface area contributed by atoms with Gasteiger partial charge in [-0.25, -0.2) is 4.98 Å². The number of anilines is 3. The van der Waals surface area contributed by atoms with Crippen LogP contribution < -0.4 is 20.3 Å². The maximum atomic E-state index is 12.9. The Morgan fingerprint density at radius 1 is 1.10 bits per heavy atom. The highest BCUT2D eigenvalue weighted by Gasteiger charge is 2.31. The van der Waals surface area contributed by atoms with Crippen molar-refractivity contribution in [3.05, 3.63) is 69.3 Å². The van der Waals surface area contributed by atoms with E-state index in [1.165, 1.54) is 11.1 Å². The molecule has 0 spiro atoms. The van der Waals surface area contributed by atoms with Gasteiger partial charge in [0.05, 0.1) is 15.7 Å². The number of fused-ring (bicyclic) bond motifs is 2. The Labute approximate surface area is 180 Å². The van der Waals surface area contributed by atoms with Crippen molar-refractivity contribution in [1.82, 2.24) is 15.3 Å². The van der Waals surface area contributed by atoms with Gasteiger partial charge in [0, 0.05) is 24.0 Å². The van der Waals surface area contributed by atoms with E-state index in [0.717, 1.165) is 5.56 Å². The SMILES string of the molecule is O=C1NCc2ccc(Nc3ncc4c(n3)OCN(c3c(Cl)cccc3Cl)C4=O)cc21. The summed E-state index contributed by atoms with van der Waals surface area (Å²) in [6.45, 7) is 0.427. The summed E-state index contributed by atoms with van der Waals surface area (Å²) in [4.78, 5) is 34.6. The summed E-state index contributed by atoms with van der Waals surface area (Å²) in [5.74, 6) is -0.0979. The van der Waals surface area contributed by atoms with E-state index in [2.05, 4.69) is 20.6 Å². The molecule has 1 aromatic heterocycles. The molecule has 2 aromatic carbocycles. The number of amides is 2. The van der Waals surface area contributed by atoms with Crippen molar-refractivity contribution in [2.75, 3.05) is 16.9 Å². The lowest BCUT2D eigenvalue weighted by Crippen LogP contribution is -2.39. The van der Waals surface area contributed by atoms with Crippen LogP contribution in [0.3, 0.4) is 0 Å². The van der Waals surface area contributed by atoms with E-state index in [1.807, 2.05) is 12.1 Å². The number of halogens is 2. The van der Waals surface area contributed by atoms with Gasteiger partial charge < -0.3 is 15.4 Å². The molecule has 2 aliphatic rings. The summed E-state index contributed by atoms with van der Waals surface area (Å²) in [7, 11) is 0. The van der Waals surface area contributed by atoms with Gasteiger partial charge in [0.2, 0.25) is 11.8 Å². The van der Waals surface area contributed by atoms with Gasteiger partial charge in [-0.15, -0.1) is 0 Å². The fourth-order valence-corrected chi connectivity index (χ4v) is 3.95. The third kappa shape index (κ3) is 3.10. The monoisotopic (exact) mass is 441 g/mol. The Bertz CT molecular complexity index is 1200. The van der Waals surface area contributed by atoms with Crippen LogP contribution in [0, 0.1) is 0 Å². The molecule has 0 saturated carbocycles. The molecule has 2 N–H and O–H groups in total. The maximum Gasteiger partial charge on any atom is 0.268 e. The smallest absolute Gasteiger partial charge is 0.268 e. The second kappa shape index (κ2) is 7.16. The van der Waals surface area contributed by atoms with Crippen LogP contribution in [0.15, 0.2) is 42.6 Å². The van der Waals surface area contributed by atoms with Gasteiger partial charge in [-0.1, -0.05) is 35.3 Å². The Hall–Kier alpha value is -3.36. The first kappa shape index (κ1) is 18.7. The largest absolute Gasteiger partial charge is 0.455 e. The molecule has 0 atom stereocenters. The second-order valence-corrected chi connectivity index (χ2v) is 7.48. The zero-order valence-corrected chi connectivity index (χ0v) is 16.8. The van der Waals surface area contributed by atoms with Crippen LogP contribution in [0.5, 0.6) is 5.88 Å². The van der Waals surface area contributed by atoms with Crippen molar-refractivity contribution in [3.63, 3.8) is 0 Å². The minimum atomic E-state index is -0.369. The van der Waals surface area contributed by atoms with E-state index in [-0.39, 0.29) is 35.9 Å². The number of nitrogens with one attached hydrogen (secondary N) is 2. The Morgan fingerprint density at radius 2 is 1.90 bits per heavy atom. The summed E-state index contributed by atoms with van der Waals surface area (Å²) >= 11 is 12.4. The van der Waals surface area contributed by atoms with Crippen LogP contribution in [-0.4, -0.2) is 28.5 Å². The van der Waals surface area contributed by atoms with Crippen molar-refractivity contribution in [2.45, 2.75) is 6.54 Å². The first-order chi connectivity index (χ1) is 14.5. The molecule has 0 unspecified atom stereocenters. The topological polar surface area (TPSA) is 96.4 Å². The first-order valence-electron chi connectivity index (χ1n) is 8.95. The van der Waals surface area contributed by atoms with Gasteiger partial charge in [0.25, 0.3) is 11.8 Å². The molecule has 3 aromatic rings. The fraction of sp³-hybridized carbons (Fsp3) is 0.100. The van der Waals surface area contributed by atoms with E-state index in [9.17, 15) is 9.59 Å². The molecular formula is C20H13Cl2N5O3.